The molecule has 4 heteroatoms. The van der Waals surface area contributed by atoms with Gasteiger partial charge >= 0.3 is 0 Å². The van der Waals surface area contributed by atoms with Crippen LogP contribution in [0.1, 0.15) is 18.9 Å². The van der Waals surface area contributed by atoms with Gasteiger partial charge in [0.05, 0.1) is 0 Å². The van der Waals surface area contributed by atoms with Crippen molar-refractivity contribution in [1.29, 1.82) is 0 Å². The minimum absolute atomic E-state index is 0.147. The molecule has 1 aliphatic rings. The molecular weight excluding hydrogens is 283 g/mol. The number of hydrogen-bond donors (Lipinski definition) is 1. The van der Waals surface area contributed by atoms with Crippen molar-refractivity contribution >= 4 is 15.9 Å². The summed E-state index contributed by atoms with van der Waals surface area (Å²) in [6, 6.07) is 5.44. The lowest BCUT2D eigenvalue weighted by Crippen LogP contribution is -2.47. The van der Waals surface area contributed by atoms with Gasteiger partial charge in [0.25, 0.3) is 0 Å². The molecule has 1 aliphatic heterocycles. The maximum absolute atomic E-state index is 13.7. The van der Waals surface area contributed by atoms with E-state index in [0.29, 0.717) is 12.5 Å². The van der Waals surface area contributed by atoms with Crippen LogP contribution in [0.5, 0.6) is 0 Å². The van der Waals surface area contributed by atoms with Crippen molar-refractivity contribution in [3.8, 4) is 0 Å². The third-order valence-corrected chi connectivity index (χ3v) is 4.00. The first-order chi connectivity index (χ1) is 8.06. The van der Waals surface area contributed by atoms with Crippen molar-refractivity contribution in [2.75, 3.05) is 13.1 Å². The van der Waals surface area contributed by atoms with Crippen molar-refractivity contribution in [3.05, 3.63) is 34.1 Å². The van der Waals surface area contributed by atoms with E-state index in [9.17, 15) is 4.39 Å². The highest BCUT2D eigenvalue weighted by atomic mass is 79.9. The zero-order valence-electron chi connectivity index (χ0n) is 10.00. The van der Waals surface area contributed by atoms with Gasteiger partial charge in [-0.1, -0.05) is 28.9 Å². The molecule has 2 atom stereocenters. The Labute approximate surface area is 110 Å². The van der Waals surface area contributed by atoms with Gasteiger partial charge in [-0.3, -0.25) is 4.90 Å². The molecule has 2 rings (SSSR count). The first kappa shape index (κ1) is 13.0. The summed E-state index contributed by atoms with van der Waals surface area (Å²) < 4.78 is 14.5. The summed E-state index contributed by atoms with van der Waals surface area (Å²) in [7, 11) is 0. The van der Waals surface area contributed by atoms with Crippen LogP contribution < -0.4 is 5.73 Å². The predicted molar refractivity (Wildman–Crippen MR) is 71.1 cm³/mol. The molecule has 17 heavy (non-hydrogen) atoms. The summed E-state index contributed by atoms with van der Waals surface area (Å²) in [5.74, 6) is 0.424. The Hall–Kier alpha value is -0.450. The molecule has 0 spiro atoms. The topological polar surface area (TPSA) is 29.3 Å². The highest BCUT2D eigenvalue weighted by Gasteiger charge is 2.23. The Bertz CT molecular complexity index is 397. The van der Waals surface area contributed by atoms with Crippen molar-refractivity contribution in [1.82, 2.24) is 4.90 Å². The van der Waals surface area contributed by atoms with Crippen LogP contribution in [0.4, 0.5) is 4.39 Å². The lowest BCUT2D eigenvalue weighted by molar-refractivity contribution is 0.160. The van der Waals surface area contributed by atoms with E-state index in [1.165, 1.54) is 6.07 Å². The monoisotopic (exact) mass is 300 g/mol. The summed E-state index contributed by atoms with van der Waals surface area (Å²) in [5, 5.41) is 0. The second kappa shape index (κ2) is 5.46. The Morgan fingerprint density at radius 2 is 2.29 bits per heavy atom. The molecule has 0 radical (unpaired) electrons. The van der Waals surface area contributed by atoms with Gasteiger partial charge in [0.1, 0.15) is 5.82 Å². The van der Waals surface area contributed by atoms with E-state index in [0.717, 1.165) is 29.5 Å². The van der Waals surface area contributed by atoms with Crippen molar-refractivity contribution in [3.63, 3.8) is 0 Å². The second-order valence-electron chi connectivity index (χ2n) is 4.90. The summed E-state index contributed by atoms with van der Waals surface area (Å²) in [6.45, 7) is 4.70. The smallest absolute Gasteiger partial charge is 0.128 e. The first-order valence-electron chi connectivity index (χ1n) is 5.98. The highest BCUT2D eigenvalue weighted by molar-refractivity contribution is 9.10. The molecule has 2 unspecified atom stereocenters. The molecule has 0 saturated carbocycles. The van der Waals surface area contributed by atoms with Crippen molar-refractivity contribution in [2.45, 2.75) is 25.9 Å². The minimum atomic E-state index is -0.147. The molecule has 1 heterocycles. The van der Waals surface area contributed by atoms with Crippen LogP contribution in [-0.2, 0) is 6.54 Å². The fraction of sp³-hybridized carbons (Fsp3) is 0.538. The van der Waals surface area contributed by atoms with E-state index in [2.05, 4.69) is 27.8 Å². The zero-order valence-corrected chi connectivity index (χ0v) is 11.6. The molecule has 1 fully saturated rings. The Morgan fingerprint density at radius 3 is 2.94 bits per heavy atom. The van der Waals surface area contributed by atoms with Crippen LogP contribution in [-0.4, -0.2) is 24.0 Å². The average molecular weight is 301 g/mol. The number of piperidine rings is 1. The van der Waals surface area contributed by atoms with E-state index in [1.54, 1.807) is 0 Å². The van der Waals surface area contributed by atoms with Gasteiger partial charge < -0.3 is 5.73 Å². The van der Waals surface area contributed by atoms with E-state index < -0.39 is 0 Å². The second-order valence-corrected chi connectivity index (χ2v) is 5.82. The summed E-state index contributed by atoms with van der Waals surface area (Å²) in [4.78, 5) is 2.23. The number of nitrogens with zero attached hydrogens (tertiary/aromatic N) is 1. The molecular formula is C13H18BrFN2. The normalized spacial score (nSPS) is 26.1. The van der Waals surface area contributed by atoms with E-state index in [4.69, 9.17) is 5.73 Å². The predicted octanol–water partition coefficient (Wildman–Crippen LogP) is 2.76. The van der Waals surface area contributed by atoms with E-state index in [1.807, 2.05) is 12.1 Å². The SMILES string of the molecule is CC1CCN(Cc2ccc(Br)cc2F)CC1N. The molecule has 0 aliphatic carbocycles. The van der Waals surface area contributed by atoms with E-state index >= 15 is 0 Å². The molecule has 1 aromatic carbocycles. The van der Waals surface area contributed by atoms with Gasteiger partial charge in [-0.05, 0) is 31.0 Å². The molecule has 94 valence electrons. The van der Waals surface area contributed by atoms with Gasteiger partial charge in [0.15, 0.2) is 0 Å². The lowest BCUT2D eigenvalue weighted by atomic mass is 9.94. The number of rotatable bonds is 2. The number of nitrogens with two attached hydrogens (primary N) is 1. The maximum atomic E-state index is 13.7. The standard InChI is InChI=1S/C13H18BrFN2/c1-9-4-5-17(8-13(9)16)7-10-2-3-11(14)6-12(10)15/h2-3,6,9,13H,4-5,7-8,16H2,1H3. The van der Waals surface area contributed by atoms with Crippen LogP contribution in [0, 0.1) is 11.7 Å². The molecule has 2 nitrogen and oxygen atoms in total. The van der Waals surface area contributed by atoms with Crippen LogP contribution in [0.15, 0.2) is 22.7 Å². The molecule has 0 amide bonds. The van der Waals surface area contributed by atoms with Crippen molar-refractivity contribution in [2.24, 2.45) is 11.7 Å². The maximum Gasteiger partial charge on any atom is 0.128 e. The number of likely N-dealkylation sites (tertiary alicyclic amines) is 1. The van der Waals surface area contributed by atoms with E-state index in [-0.39, 0.29) is 11.9 Å². The first-order valence-corrected chi connectivity index (χ1v) is 6.77. The van der Waals surface area contributed by atoms with Gasteiger partial charge in [-0.25, -0.2) is 4.39 Å². The fourth-order valence-corrected chi connectivity index (χ4v) is 2.54. The van der Waals surface area contributed by atoms with Crippen LogP contribution in [0.2, 0.25) is 0 Å². The number of halogens is 2. The van der Waals surface area contributed by atoms with Gasteiger partial charge in [0, 0.05) is 29.2 Å². The van der Waals surface area contributed by atoms with Crippen LogP contribution >= 0.6 is 15.9 Å². The zero-order chi connectivity index (χ0) is 12.4. The third kappa shape index (κ3) is 3.27. The van der Waals surface area contributed by atoms with Gasteiger partial charge in [-0.2, -0.15) is 0 Å². The minimum Gasteiger partial charge on any atom is -0.326 e. The van der Waals surface area contributed by atoms with Crippen molar-refractivity contribution < 1.29 is 4.39 Å². The van der Waals surface area contributed by atoms with Gasteiger partial charge in [-0.15, -0.1) is 0 Å². The van der Waals surface area contributed by atoms with Gasteiger partial charge in [0.2, 0.25) is 0 Å². The fourth-order valence-electron chi connectivity index (χ4n) is 2.20. The lowest BCUT2D eigenvalue weighted by Gasteiger charge is -2.35. The molecule has 0 bridgehead atoms. The molecule has 2 N–H and O–H groups in total. The third-order valence-electron chi connectivity index (χ3n) is 3.51. The van der Waals surface area contributed by atoms with Crippen LogP contribution in [0.3, 0.4) is 0 Å². The quantitative estimate of drug-likeness (QED) is 0.910. The Morgan fingerprint density at radius 1 is 1.53 bits per heavy atom. The summed E-state index contributed by atoms with van der Waals surface area (Å²) >= 11 is 3.27. The molecule has 1 saturated heterocycles. The van der Waals surface area contributed by atoms with Crippen LogP contribution in [0.25, 0.3) is 0 Å². The highest BCUT2D eigenvalue weighted by Crippen LogP contribution is 2.20. The number of hydrogen-bond acceptors (Lipinski definition) is 2. The summed E-state index contributed by atoms with van der Waals surface area (Å²) in [6.07, 6.45) is 1.10. The molecule has 0 aromatic heterocycles. The largest absolute Gasteiger partial charge is 0.326 e. The Kier molecular flexibility index (Phi) is 4.17. The number of benzene rings is 1. The summed E-state index contributed by atoms with van der Waals surface area (Å²) in [5.41, 5.74) is 6.79. The molecule has 1 aromatic rings. The Balaban J connectivity index is 2.01. The average Bonchev–Trinajstić information content (AvgIpc) is 2.27.